The van der Waals surface area contributed by atoms with Crippen LogP contribution in [-0.2, 0) is 21.2 Å². The lowest BCUT2D eigenvalue weighted by molar-refractivity contribution is 0.0636. The third kappa shape index (κ3) is 7.68. The van der Waals surface area contributed by atoms with E-state index in [0.29, 0.717) is 12.8 Å². The lowest BCUT2D eigenvalue weighted by Gasteiger charge is -2.19. The van der Waals surface area contributed by atoms with Crippen molar-refractivity contribution in [2.24, 2.45) is 5.92 Å². The minimum atomic E-state index is -4.00. The molecular weight excluding hydrogens is 455 g/mol. The van der Waals surface area contributed by atoms with Crippen LogP contribution in [0.4, 0.5) is 14.2 Å². The van der Waals surface area contributed by atoms with Crippen LogP contribution in [0, 0.1) is 11.7 Å². The molecule has 0 saturated carbocycles. The van der Waals surface area contributed by atoms with Crippen molar-refractivity contribution in [3.8, 4) is 0 Å². The Bertz CT molecular complexity index is 1050. The van der Waals surface area contributed by atoms with Gasteiger partial charge in [-0.15, -0.1) is 11.3 Å². The van der Waals surface area contributed by atoms with Crippen molar-refractivity contribution < 1.29 is 27.1 Å². The van der Waals surface area contributed by atoms with Gasteiger partial charge in [-0.05, 0) is 57.4 Å². The molecule has 0 bridgehead atoms. The molecule has 176 valence electrons. The van der Waals surface area contributed by atoms with Gasteiger partial charge in [-0.25, -0.2) is 22.3 Å². The topological polar surface area (TPSA) is 102 Å². The molecule has 0 aliphatic heterocycles. The molecule has 0 radical (unpaired) electrons. The molecule has 1 amide bonds. The van der Waals surface area contributed by atoms with Gasteiger partial charge in [-0.1, -0.05) is 26.0 Å². The van der Waals surface area contributed by atoms with Crippen molar-refractivity contribution in [2.75, 3.05) is 11.9 Å². The Labute approximate surface area is 192 Å². The molecule has 2 N–H and O–H groups in total. The van der Waals surface area contributed by atoms with E-state index >= 15 is 0 Å². The Morgan fingerprint density at radius 3 is 2.34 bits per heavy atom. The van der Waals surface area contributed by atoms with Gasteiger partial charge in [0.15, 0.2) is 5.78 Å². The van der Waals surface area contributed by atoms with Crippen molar-refractivity contribution in [3.05, 3.63) is 46.6 Å². The number of benzene rings is 1. The lowest BCUT2D eigenvalue weighted by atomic mass is 10.1. The molecule has 1 heterocycles. The molecule has 7 nitrogen and oxygen atoms in total. The molecule has 0 aliphatic carbocycles. The van der Waals surface area contributed by atoms with E-state index in [1.54, 1.807) is 46.8 Å². The zero-order valence-electron chi connectivity index (χ0n) is 18.8. The van der Waals surface area contributed by atoms with Gasteiger partial charge >= 0.3 is 6.09 Å². The Morgan fingerprint density at radius 1 is 1.16 bits per heavy atom. The predicted molar refractivity (Wildman–Crippen MR) is 123 cm³/mol. The Balaban J connectivity index is 2.16. The first-order valence-corrected chi connectivity index (χ1v) is 12.5. The summed E-state index contributed by atoms with van der Waals surface area (Å²) in [7, 11) is -4.00. The highest BCUT2D eigenvalue weighted by Crippen LogP contribution is 2.33. The minimum Gasteiger partial charge on any atom is -0.444 e. The van der Waals surface area contributed by atoms with Crippen LogP contribution in [0.2, 0.25) is 0 Å². The van der Waals surface area contributed by atoms with E-state index in [4.69, 9.17) is 4.74 Å². The summed E-state index contributed by atoms with van der Waals surface area (Å²) in [6.45, 7) is 8.63. The number of ketones is 1. The number of hydrogen-bond acceptors (Lipinski definition) is 6. The second kappa shape index (κ2) is 10.5. The molecule has 0 aliphatic rings. The normalized spacial score (nSPS) is 12.1. The maximum absolute atomic E-state index is 13.0. The van der Waals surface area contributed by atoms with Crippen molar-refractivity contribution in [3.63, 3.8) is 0 Å². The molecule has 1 aromatic heterocycles. The van der Waals surface area contributed by atoms with Gasteiger partial charge in [0.25, 0.3) is 0 Å². The van der Waals surface area contributed by atoms with Crippen LogP contribution in [0.3, 0.4) is 0 Å². The average molecular weight is 485 g/mol. The highest BCUT2D eigenvalue weighted by atomic mass is 32.2. The first kappa shape index (κ1) is 26.0. The highest BCUT2D eigenvalue weighted by molar-refractivity contribution is 7.89. The number of anilines is 1. The Morgan fingerprint density at radius 2 is 1.78 bits per heavy atom. The summed E-state index contributed by atoms with van der Waals surface area (Å²) in [4.78, 5) is 24.7. The van der Waals surface area contributed by atoms with Crippen LogP contribution in [0.15, 0.2) is 35.2 Å². The number of sulfonamides is 1. The SMILES string of the molecule is CC(C)C(=O)c1cc(S(=O)(=O)NCCCc2ccc(F)cc2)c(NC(=O)OC(C)(C)C)s1. The van der Waals surface area contributed by atoms with Crippen LogP contribution >= 0.6 is 11.3 Å². The summed E-state index contributed by atoms with van der Waals surface area (Å²) < 4.78 is 46.6. The monoisotopic (exact) mass is 484 g/mol. The van der Waals surface area contributed by atoms with Gasteiger partial charge in [0.1, 0.15) is 21.3 Å². The van der Waals surface area contributed by atoms with Gasteiger partial charge in [0.05, 0.1) is 4.88 Å². The van der Waals surface area contributed by atoms with Gasteiger partial charge < -0.3 is 4.74 Å². The molecule has 32 heavy (non-hydrogen) atoms. The molecule has 0 spiro atoms. The second-order valence-electron chi connectivity index (χ2n) is 8.58. The van der Waals surface area contributed by atoms with Crippen molar-refractivity contribution in [1.82, 2.24) is 4.72 Å². The Kier molecular flexibility index (Phi) is 8.55. The standard InChI is InChI=1S/C22H29FN2O5S2/c1-14(2)19(26)17-13-18(20(31-17)25-21(27)30-22(3,4)5)32(28,29)24-12-6-7-15-8-10-16(23)11-9-15/h8-11,13-14,24H,6-7,12H2,1-5H3,(H,25,27). The number of nitrogens with one attached hydrogen (secondary N) is 2. The van der Waals surface area contributed by atoms with E-state index < -0.39 is 21.7 Å². The predicted octanol–water partition coefficient (Wildman–Crippen LogP) is 4.98. The summed E-state index contributed by atoms with van der Waals surface area (Å²) in [5.41, 5.74) is 0.119. The van der Waals surface area contributed by atoms with Crippen molar-refractivity contribution in [2.45, 2.75) is 58.0 Å². The summed E-state index contributed by atoms with van der Waals surface area (Å²) in [6, 6.07) is 7.28. The number of carbonyl (C=O) groups is 2. The second-order valence-corrected chi connectivity index (χ2v) is 11.4. The molecule has 0 atom stereocenters. The van der Waals surface area contributed by atoms with E-state index in [9.17, 15) is 22.4 Å². The largest absolute Gasteiger partial charge is 0.444 e. The van der Waals surface area contributed by atoms with E-state index in [1.165, 1.54) is 18.2 Å². The summed E-state index contributed by atoms with van der Waals surface area (Å²) >= 11 is 0.898. The van der Waals surface area contributed by atoms with E-state index in [0.717, 1.165) is 16.9 Å². The number of amides is 1. The van der Waals surface area contributed by atoms with Crippen LogP contribution < -0.4 is 10.0 Å². The fourth-order valence-electron chi connectivity index (χ4n) is 2.69. The number of rotatable bonds is 9. The Hall–Kier alpha value is -2.30. The number of hydrogen-bond donors (Lipinski definition) is 2. The van der Waals surface area contributed by atoms with Gasteiger partial charge in [-0.3, -0.25) is 10.1 Å². The van der Waals surface area contributed by atoms with Gasteiger partial charge in [-0.2, -0.15) is 0 Å². The fraction of sp³-hybridized carbons (Fsp3) is 0.455. The quantitative estimate of drug-likeness (QED) is 0.386. The number of Topliss-reactive ketones (excluding diaryl/α,β-unsaturated/α-hetero) is 1. The van der Waals surface area contributed by atoms with E-state index in [1.807, 2.05) is 0 Å². The summed E-state index contributed by atoms with van der Waals surface area (Å²) in [5.74, 6) is -0.883. The van der Waals surface area contributed by atoms with Crippen LogP contribution in [0.1, 0.15) is 56.3 Å². The number of halogens is 1. The smallest absolute Gasteiger partial charge is 0.412 e. The molecule has 0 fully saturated rings. The number of carbonyl (C=O) groups excluding carboxylic acids is 2. The fourth-order valence-corrected chi connectivity index (χ4v) is 5.38. The van der Waals surface area contributed by atoms with Gasteiger partial charge in [0.2, 0.25) is 10.0 Å². The minimum absolute atomic E-state index is 0.0225. The third-order valence-corrected chi connectivity index (χ3v) is 6.90. The first-order chi connectivity index (χ1) is 14.8. The first-order valence-electron chi connectivity index (χ1n) is 10.2. The molecular formula is C22H29FN2O5S2. The maximum atomic E-state index is 13.0. The highest BCUT2D eigenvalue weighted by Gasteiger charge is 2.27. The molecule has 1 aromatic carbocycles. The molecule has 10 heteroatoms. The average Bonchev–Trinajstić information content (AvgIpc) is 3.09. The number of aryl methyl sites for hydroxylation is 1. The van der Waals surface area contributed by atoms with Crippen LogP contribution in [-0.4, -0.2) is 32.4 Å². The summed E-state index contributed by atoms with van der Waals surface area (Å²) in [6.07, 6.45) is 0.240. The molecule has 2 aromatic rings. The van der Waals surface area contributed by atoms with Gasteiger partial charge in [0, 0.05) is 12.5 Å². The van der Waals surface area contributed by atoms with Crippen LogP contribution in [0.25, 0.3) is 0 Å². The number of ether oxygens (including phenoxy) is 1. The van der Waals surface area contributed by atoms with Crippen molar-refractivity contribution >= 4 is 38.2 Å². The zero-order valence-corrected chi connectivity index (χ0v) is 20.5. The molecule has 0 saturated heterocycles. The number of thiophene rings is 1. The van der Waals surface area contributed by atoms with E-state index in [-0.39, 0.29) is 38.8 Å². The lowest BCUT2D eigenvalue weighted by Crippen LogP contribution is -2.29. The zero-order chi connectivity index (χ0) is 24.1. The molecule has 2 rings (SSSR count). The summed E-state index contributed by atoms with van der Waals surface area (Å²) in [5, 5.41) is 2.48. The van der Waals surface area contributed by atoms with Crippen molar-refractivity contribution in [1.29, 1.82) is 0 Å². The third-order valence-electron chi connectivity index (χ3n) is 4.22. The maximum Gasteiger partial charge on any atom is 0.412 e. The molecule has 0 unspecified atom stereocenters. The van der Waals surface area contributed by atoms with E-state index in [2.05, 4.69) is 10.0 Å². The van der Waals surface area contributed by atoms with Crippen LogP contribution in [0.5, 0.6) is 0 Å².